The zero-order valence-electron chi connectivity index (χ0n) is 22.1. The van der Waals surface area contributed by atoms with E-state index >= 15 is 0 Å². The predicted octanol–water partition coefficient (Wildman–Crippen LogP) is 7.58. The lowest BCUT2D eigenvalue weighted by atomic mass is 9.98. The van der Waals surface area contributed by atoms with Gasteiger partial charge in [-0.2, -0.15) is 0 Å². The molecule has 3 aromatic carbocycles. The summed E-state index contributed by atoms with van der Waals surface area (Å²) in [5, 5.41) is 2.89. The van der Waals surface area contributed by atoms with E-state index in [0.29, 0.717) is 0 Å². The van der Waals surface area contributed by atoms with Gasteiger partial charge in [0.2, 0.25) is 0 Å². The standard InChI is InChI=1S/C30H28Cl3NO6/c1-30(2,3)40-27(35)13-12-25(28(36)39-26-15-23(32)22(31)14-24(26)33)34-29(37)38-16-21-19-10-6-4-8-17(19)18-9-5-7-11-20(18)21/h4-11,14-15,21,25H,12-13,16H2,1-3H3,(H,34,37)/t25-/m0/s1. The predicted molar refractivity (Wildman–Crippen MR) is 154 cm³/mol. The first-order chi connectivity index (χ1) is 18.9. The highest BCUT2D eigenvalue weighted by Crippen LogP contribution is 2.44. The monoisotopic (exact) mass is 603 g/mol. The quantitative estimate of drug-likeness (QED) is 0.162. The fourth-order valence-electron chi connectivity index (χ4n) is 4.45. The van der Waals surface area contributed by atoms with Crippen LogP contribution in [0.2, 0.25) is 15.1 Å². The molecule has 0 spiro atoms. The molecule has 0 fully saturated rings. The van der Waals surface area contributed by atoms with Gasteiger partial charge in [-0.25, -0.2) is 9.59 Å². The topological polar surface area (TPSA) is 90.9 Å². The zero-order valence-corrected chi connectivity index (χ0v) is 24.4. The Morgan fingerprint density at radius 3 is 2.05 bits per heavy atom. The number of ether oxygens (including phenoxy) is 3. The first kappa shape index (κ1) is 29.7. The van der Waals surface area contributed by atoms with Crippen molar-refractivity contribution in [2.45, 2.75) is 51.2 Å². The summed E-state index contributed by atoms with van der Waals surface area (Å²) in [7, 11) is 0. The van der Waals surface area contributed by atoms with Crippen LogP contribution >= 0.6 is 34.8 Å². The Morgan fingerprint density at radius 2 is 1.45 bits per heavy atom. The summed E-state index contributed by atoms with van der Waals surface area (Å²) < 4.78 is 16.3. The number of nitrogens with one attached hydrogen (secondary N) is 1. The number of fused-ring (bicyclic) bond motifs is 3. The van der Waals surface area contributed by atoms with E-state index in [1.807, 2.05) is 48.5 Å². The van der Waals surface area contributed by atoms with Crippen molar-refractivity contribution in [2.75, 3.05) is 6.61 Å². The minimum atomic E-state index is -1.24. The molecule has 1 N–H and O–H groups in total. The Kier molecular flexibility index (Phi) is 9.29. The molecule has 0 saturated heterocycles. The van der Waals surface area contributed by atoms with Crippen LogP contribution < -0.4 is 10.1 Å². The number of esters is 2. The second kappa shape index (κ2) is 12.5. The van der Waals surface area contributed by atoms with Crippen LogP contribution in [0.3, 0.4) is 0 Å². The van der Waals surface area contributed by atoms with Crippen LogP contribution in [-0.4, -0.2) is 36.3 Å². The van der Waals surface area contributed by atoms with E-state index in [2.05, 4.69) is 5.32 Å². The molecule has 1 amide bonds. The van der Waals surface area contributed by atoms with Gasteiger partial charge in [0.05, 0.1) is 15.1 Å². The average Bonchev–Trinajstić information content (AvgIpc) is 3.21. The SMILES string of the molecule is CC(C)(C)OC(=O)CC[C@H](NC(=O)OCC1c2ccccc2-c2ccccc21)C(=O)Oc1cc(Cl)c(Cl)cc1Cl. The van der Waals surface area contributed by atoms with Crippen LogP contribution in [0.25, 0.3) is 11.1 Å². The average molecular weight is 605 g/mol. The van der Waals surface area contributed by atoms with Crippen LogP contribution in [0.1, 0.15) is 50.7 Å². The molecule has 1 atom stereocenters. The van der Waals surface area contributed by atoms with E-state index in [1.165, 1.54) is 12.1 Å². The molecule has 0 saturated carbocycles. The third-order valence-electron chi connectivity index (χ3n) is 6.16. The molecule has 40 heavy (non-hydrogen) atoms. The normalized spacial score (nSPS) is 13.2. The summed E-state index contributed by atoms with van der Waals surface area (Å²) in [5.74, 6) is -1.61. The third-order valence-corrected chi connectivity index (χ3v) is 7.18. The lowest BCUT2D eigenvalue weighted by molar-refractivity contribution is -0.155. The Labute approximate surface area is 247 Å². The van der Waals surface area contributed by atoms with Crippen LogP contribution in [0, 0.1) is 0 Å². The highest BCUT2D eigenvalue weighted by atomic mass is 35.5. The van der Waals surface area contributed by atoms with Gasteiger partial charge in [-0.15, -0.1) is 0 Å². The smallest absolute Gasteiger partial charge is 0.407 e. The van der Waals surface area contributed by atoms with E-state index < -0.39 is 29.7 Å². The van der Waals surface area contributed by atoms with Gasteiger partial charge < -0.3 is 19.5 Å². The molecular weight excluding hydrogens is 577 g/mol. The number of halogens is 3. The van der Waals surface area contributed by atoms with E-state index in [4.69, 9.17) is 49.0 Å². The van der Waals surface area contributed by atoms with Gasteiger partial charge >= 0.3 is 18.0 Å². The Hall–Kier alpha value is -3.26. The summed E-state index contributed by atoms with van der Waals surface area (Å²) >= 11 is 18.2. The molecule has 3 aromatic rings. The number of carbonyl (C=O) groups excluding carboxylic acids is 3. The first-order valence-corrected chi connectivity index (χ1v) is 13.8. The maximum atomic E-state index is 13.1. The largest absolute Gasteiger partial charge is 0.460 e. The molecular formula is C30H28Cl3NO6. The van der Waals surface area contributed by atoms with Gasteiger partial charge in [0.25, 0.3) is 0 Å². The Balaban J connectivity index is 1.46. The molecule has 0 radical (unpaired) electrons. The number of hydrogen-bond donors (Lipinski definition) is 1. The summed E-state index contributed by atoms with van der Waals surface area (Å²) in [4.78, 5) is 38.3. The van der Waals surface area contributed by atoms with Gasteiger partial charge in [0.1, 0.15) is 18.2 Å². The molecule has 0 unspecified atom stereocenters. The van der Waals surface area contributed by atoms with Crippen molar-refractivity contribution in [3.63, 3.8) is 0 Å². The van der Waals surface area contributed by atoms with Crippen LogP contribution in [0.15, 0.2) is 60.7 Å². The van der Waals surface area contributed by atoms with Gasteiger partial charge in [0.15, 0.2) is 5.75 Å². The highest BCUT2D eigenvalue weighted by molar-refractivity contribution is 6.43. The first-order valence-electron chi connectivity index (χ1n) is 12.6. The van der Waals surface area contributed by atoms with Crippen LogP contribution in [-0.2, 0) is 19.1 Å². The minimum Gasteiger partial charge on any atom is -0.460 e. The van der Waals surface area contributed by atoms with E-state index in [0.717, 1.165) is 22.3 Å². The summed E-state index contributed by atoms with van der Waals surface area (Å²) in [5.41, 5.74) is 3.56. The molecule has 0 aliphatic heterocycles. The molecule has 0 bridgehead atoms. The Bertz CT molecular complexity index is 1390. The lowest BCUT2D eigenvalue weighted by Crippen LogP contribution is -2.44. The van der Waals surface area contributed by atoms with Crippen molar-refractivity contribution in [3.8, 4) is 16.9 Å². The maximum Gasteiger partial charge on any atom is 0.407 e. The number of amides is 1. The summed E-state index contributed by atoms with van der Waals surface area (Å²) in [6.45, 7) is 5.25. The van der Waals surface area contributed by atoms with Gasteiger partial charge in [-0.3, -0.25) is 4.79 Å². The Morgan fingerprint density at radius 1 is 0.875 bits per heavy atom. The number of rotatable bonds is 8. The molecule has 1 aliphatic carbocycles. The van der Waals surface area contributed by atoms with Crippen molar-refractivity contribution in [2.24, 2.45) is 0 Å². The van der Waals surface area contributed by atoms with E-state index in [9.17, 15) is 14.4 Å². The molecule has 1 aliphatic rings. The van der Waals surface area contributed by atoms with Gasteiger partial charge in [-0.1, -0.05) is 83.3 Å². The fraction of sp³-hybridized carbons (Fsp3) is 0.300. The van der Waals surface area contributed by atoms with Gasteiger partial charge in [-0.05, 0) is 55.5 Å². The van der Waals surface area contributed by atoms with Gasteiger partial charge in [0, 0.05) is 18.4 Å². The molecule has 0 heterocycles. The number of benzene rings is 3. The second-order valence-corrected chi connectivity index (χ2v) is 11.5. The maximum absolute atomic E-state index is 13.1. The van der Waals surface area contributed by atoms with E-state index in [-0.39, 0.29) is 46.2 Å². The van der Waals surface area contributed by atoms with Crippen LogP contribution in [0.5, 0.6) is 5.75 Å². The minimum absolute atomic E-state index is 0.0438. The van der Waals surface area contributed by atoms with Crippen molar-refractivity contribution in [1.82, 2.24) is 5.32 Å². The number of alkyl carbamates (subject to hydrolysis) is 1. The highest BCUT2D eigenvalue weighted by Gasteiger charge is 2.31. The molecule has 0 aromatic heterocycles. The lowest BCUT2D eigenvalue weighted by Gasteiger charge is -2.21. The fourth-order valence-corrected chi connectivity index (χ4v) is 5.02. The molecule has 4 rings (SSSR count). The molecule has 10 heteroatoms. The number of hydrogen-bond acceptors (Lipinski definition) is 6. The number of carbonyl (C=O) groups is 3. The van der Waals surface area contributed by atoms with Crippen LogP contribution in [0.4, 0.5) is 4.79 Å². The molecule has 7 nitrogen and oxygen atoms in total. The summed E-state index contributed by atoms with van der Waals surface area (Å²) in [6.07, 6.45) is -1.10. The third kappa shape index (κ3) is 7.27. The van der Waals surface area contributed by atoms with E-state index in [1.54, 1.807) is 20.8 Å². The second-order valence-electron chi connectivity index (χ2n) is 10.3. The summed E-state index contributed by atoms with van der Waals surface area (Å²) in [6, 6.07) is 17.3. The van der Waals surface area contributed by atoms with Crippen molar-refractivity contribution in [1.29, 1.82) is 0 Å². The zero-order chi connectivity index (χ0) is 29.0. The molecule has 210 valence electrons. The van der Waals surface area contributed by atoms with Crippen molar-refractivity contribution >= 4 is 52.8 Å². The van der Waals surface area contributed by atoms with Crippen molar-refractivity contribution in [3.05, 3.63) is 86.9 Å². The van der Waals surface area contributed by atoms with Crippen molar-refractivity contribution < 1.29 is 28.6 Å².